The summed E-state index contributed by atoms with van der Waals surface area (Å²) < 4.78 is 115. The third-order valence-electron chi connectivity index (χ3n) is 0.807. The summed E-state index contributed by atoms with van der Waals surface area (Å²) in [5, 5.41) is 0. The van der Waals surface area contributed by atoms with E-state index in [2.05, 4.69) is 9.78 Å². The van der Waals surface area contributed by atoms with Gasteiger partial charge >= 0.3 is 24.9 Å². The Bertz CT molecular complexity index is 268. The van der Waals surface area contributed by atoms with Gasteiger partial charge in [0, 0.05) is 0 Å². The highest BCUT2D eigenvalue weighted by Gasteiger charge is 2.62. The van der Waals surface area contributed by atoms with Crippen LogP contribution in [0, 0.1) is 0 Å². The fourth-order valence-electron chi connectivity index (χ4n) is 0.258. The lowest BCUT2D eigenvalue weighted by molar-refractivity contribution is -0.662. The van der Waals surface area contributed by atoms with Crippen LogP contribution in [-0.2, 0) is 19.6 Å². The van der Waals surface area contributed by atoms with Gasteiger partial charge in [-0.25, -0.2) is 0 Å². The van der Waals surface area contributed by atoms with E-state index >= 15 is 0 Å². The molecule has 18 heavy (non-hydrogen) atoms. The first kappa shape index (κ1) is 17.1. The molecule has 0 unspecified atom stereocenters. The molecule has 0 bridgehead atoms. The molecular weight excluding hydrogens is 302 g/mol. The minimum atomic E-state index is -6.44. The van der Waals surface area contributed by atoms with Gasteiger partial charge in [0.25, 0.3) is 0 Å². The zero-order valence-electron chi connectivity index (χ0n) is 7.41. The van der Waals surface area contributed by atoms with Crippen LogP contribution >= 0.6 is 0 Å². The average Bonchev–Trinajstić information content (AvgIpc) is 2.10. The number of rotatable bonds is 5. The summed E-state index contributed by atoms with van der Waals surface area (Å²) in [6, 6.07) is 0. The van der Waals surface area contributed by atoms with Crippen molar-refractivity contribution in [2.24, 2.45) is 0 Å². The van der Waals surface area contributed by atoms with Crippen molar-refractivity contribution in [1.29, 1.82) is 0 Å². The van der Waals surface area contributed by atoms with Crippen LogP contribution in [0.2, 0.25) is 0 Å². The highest BCUT2D eigenvalue weighted by Crippen LogP contribution is 2.38. The largest absolute Gasteiger partial charge is 0.549 e. The van der Waals surface area contributed by atoms with Gasteiger partial charge in [0.1, 0.15) is 0 Å². The molecule has 0 amide bonds. The molecule has 0 saturated heterocycles. The Morgan fingerprint density at radius 3 is 1.22 bits per heavy atom. The molecule has 0 aromatic heterocycles. The topological polar surface area (TPSA) is 36.9 Å². The third-order valence-corrected chi connectivity index (χ3v) is 0.807. The van der Waals surface area contributed by atoms with Gasteiger partial charge in [-0.1, -0.05) is 0 Å². The lowest BCUT2D eigenvalue weighted by Crippen LogP contribution is -2.42. The van der Waals surface area contributed by atoms with Gasteiger partial charge in [-0.3, -0.25) is 0 Å². The molecule has 110 valence electrons. The van der Waals surface area contributed by atoms with Crippen LogP contribution < -0.4 is 0 Å². The fourth-order valence-corrected chi connectivity index (χ4v) is 0.258. The quantitative estimate of drug-likeness (QED) is 0.338. The summed E-state index contributed by atoms with van der Waals surface area (Å²) in [6.45, 7) is 0. The summed E-state index contributed by atoms with van der Waals surface area (Å²) in [6.07, 6.45) is -24.1. The van der Waals surface area contributed by atoms with Crippen molar-refractivity contribution >= 4 is 0 Å². The molecule has 0 aliphatic carbocycles. The molecule has 0 aromatic carbocycles. The predicted molar refractivity (Wildman–Crippen MR) is 26.3 cm³/mol. The Morgan fingerprint density at radius 2 is 0.889 bits per heavy atom. The monoisotopic (exact) mass is 302 g/mol. The van der Waals surface area contributed by atoms with Gasteiger partial charge in [0.15, 0.2) is 0 Å². The maximum Gasteiger partial charge on any atom is 0.549 e. The SMILES string of the molecule is FC(F)(F)OOC(F)(F)OOC(F)(F)C(F)(F)F. The highest BCUT2D eigenvalue weighted by molar-refractivity contribution is 4.61. The number of hydrogen-bond donors (Lipinski definition) is 0. The fraction of sp³-hybridized carbons (Fsp3) is 1.00. The Kier molecular flexibility index (Phi) is 4.78. The lowest BCUT2D eigenvalue weighted by atomic mass is 10.6. The minimum Gasteiger partial charge on any atom is -0.164 e. The smallest absolute Gasteiger partial charge is 0.164 e. The first-order valence-corrected chi connectivity index (χ1v) is 3.29. The Balaban J connectivity index is 4.35. The van der Waals surface area contributed by atoms with Gasteiger partial charge in [-0.05, 0) is 0 Å². The molecular formula is C4F10O4. The molecule has 0 aliphatic rings. The summed E-state index contributed by atoms with van der Waals surface area (Å²) in [7, 11) is 0. The Hall–Kier alpha value is -0.860. The van der Waals surface area contributed by atoms with Crippen molar-refractivity contribution < 1.29 is 63.5 Å². The molecule has 0 radical (unpaired) electrons. The van der Waals surface area contributed by atoms with Crippen LogP contribution in [0.4, 0.5) is 43.9 Å². The summed E-state index contributed by atoms with van der Waals surface area (Å²) in [5.41, 5.74) is 0. The molecule has 0 atom stereocenters. The Labute approximate surface area is 89.8 Å². The molecule has 0 aromatic rings. The van der Waals surface area contributed by atoms with Gasteiger partial charge in [-0.15, -0.1) is 41.5 Å². The molecule has 0 saturated carbocycles. The Morgan fingerprint density at radius 1 is 0.500 bits per heavy atom. The third kappa shape index (κ3) is 6.18. The molecule has 0 fully saturated rings. The van der Waals surface area contributed by atoms with Crippen molar-refractivity contribution in [1.82, 2.24) is 0 Å². The van der Waals surface area contributed by atoms with Crippen molar-refractivity contribution in [3.63, 3.8) is 0 Å². The highest BCUT2D eigenvalue weighted by atomic mass is 19.4. The van der Waals surface area contributed by atoms with E-state index in [9.17, 15) is 43.9 Å². The molecule has 4 nitrogen and oxygen atoms in total. The van der Waals surface area contributed by atoms with Crippen LogP contribution in [0.15, 0.2) is 0 Å². The van der Waals surface area contributed by atoms with E-state index < -0.39 is 24.9 Å². The standard InChI is InChI=1S/C4F10O4/c5-1(6,7)2(8,9)15-17-4(13,14)18-16-3(10,11)12. The van der Waals surface area contributed by atoms with E-state index in [1.165, 1.54) is 0 Å². The number of alkyl halides is 10. The first-order valence-electron chi connectivity index (χ1n) is 3.29. The summed E-state index contributed by atoms with van der Waals surface area (Å²) in [5.74, 6) is 0. The molecule has 14 heteroatoms. The maximum absolute atomic E-state index is 12.0. The van der Waals surface area contributed by atoms with E-state index in [1.807, 2.05) is 9.78 Å². The number of hydrogen-bond acceptors (Lipinski definition) is 4. The molecule has 0 aliphatic heterocycles. The minimum absolute atomic E-state index is 1.94. The van der Waals surface area contributed by atoms with Gasteiger partial charge in [0.2, 0.25) is 0 Å². The van der Waals surface area contributed by atoms with E-state index in [1.54, 1.807) is 0 Å². The zero-order chi connectivity index (χ0) is 14.8. The van der Waals surface area contributed by atoms with Crippen molar-refractivity contribution in [2.75, 3.05) is 0 Å². The second-order valence-electron chi connectivity index (χ2n) is 2.26. The van der Waals surface area contributed by atoms with Crippen molar-refractivity contribution in [3.05, 3.63) is 0 Å². The zero-order valence-corrected chi connectivity index (χ0v) is 7.41. The van der Waals surface area contributed by atoms with Crippen LogP contribution in [0.3, 0.4) is 0 Å². The first-order chi connectivity index (χ1) is 7.66. The van der Waals surface area contributed by atoms with Crippen LogP contribution in [0.5, 0.6) is 0 Å². The van der Waals surface area contributed by atoms with Gasteiger partial charge < -0.3 is 0 Å². The normalized spacial score (nSPS) is 15.0. The van der Waals surface area contributed by atoms with Crippen molar-refractivity contribution in [3.8, 4) is 0 Å². The van der Waals surface area contributed by atoms with E-state index in [-0.39, 0.29) is 0 Å². The van der Waals surface area contributed by atoms with Gasteiger partial charge in [0.05, 0.1) is 0 Å². The van der Waals surface area contributed by atoms with E-state index in [4.69, 9.17) is 0 Å². The second-order valence-corrected chi connectivity index (χ2v) is 2.26. The number of halogens is 10. The summed E-state index contributed by atoms with van der Waals surface area (Å²) in [4.78, 5) is 8.07. The van der Waals surface area contributed by atoms with Crippen LogP contribution in [-0.4, -0.2) is 24.9 Å². The second kappa shape index (κ2) is 5.02. The lowest BCUT2D eigenvalue weighted by Gasteiger charge is -2.20. The molecule has 0 rings (SSSR count). The van der Waals surface area contributed by atoms with Crippen LogP contribution in [0.25, 0.3) is 0 Å². The molecule has 0 heterocycles. The molecule has 0 N–H and O–H groups in total. The average molecular weight is 302 g/mol. The van der Waals surface area contributed by atoms with E-state index in [0.29, 0.717) is 0 Å². The van der Waals surface area contributed by atoms with Crippen LogP contribution in [0.1, 0.15) is 0 Å². The van der Waals surface area contributed by atoms with Gasteiger partial charge in [-0.2, -0.15) is 22.0 Å². The van der Waals surface area contributed by atoms with Crippen molar-refractivity contribution in [2.45, 2.75) is 24.9 Å². The van der Waals surface area contributed by atoms with E-state index in [0.717, 1.165) is 0 Å². The summed E-state index contributed by atoms with van der Waals surface area (Å²) >= 11 is 0. The maximum atomic E-state index is 12.0. The predicted octanol–water partition coefficient (Wildman–Crippen LogP) is 3.11. The molecule has 0 spiro atoms.